The van der Waals surface area contributed by atoms with Crippen molar-refractivity contribution < 1.29 is 9.53 Å². The topological polar surface area (TPSA) is 70.3 Å². The summed E-state index contributed by atoms with van der Waals surface area (Å²) in [6, 6.07) is 13.3. The molecule has 0 saturated carbocycles. The molecule has 1 saturated heterocycles. The van der Waals surface area contributed by atoms with Gasteiger partial charge in [0.05, 0.1) is 13.7 Å². The Hall–Kier alpha value is -2.78. The lowest BCUT2D eigenvalue weighted by Crippen LogP contribution is -2.57. The molecule has 1 fully saturated rings. The van der Waals surface area contributed by atoms with Crippen LogP contribution in [0.15, 0.2) is 36.4 Å². The molecule has 0 bridgehead atoms. The average Bonchev–Trinajstić information content (AvgIpc) is 3.20. The van der Waals surface area contributed by atoms with Crippen LogP contribution in [0, 0.1) is 11.3 Å². The number of fused-ring (bicyclic) bond motifs is 2. The van der Waals surface area contributed by atoms with Gasteiger partial charge in [-0.1, -0.05) is 12.1 Å². The fourth-order valence-electron chi connectivity index (χ4n) is 3.58. The molecule has 6 heteroatoms. The smallest absolute Gasteiger partial charge is 0.272 e. The van der Waals surface area contributed by atoms with E-state index in [1.54, 1.807) is 23.8 Å². The zero-order valence-corrected chi connectivity index (χ0v) is 12.7. The van der Waals surface area contributed by atoms with Gasteiger partial charge in [-0.2, -0.15) is 5.26 Å². The number of benzene rings is 1. The summed E-state index contributed by atoms with van der Waals surface area (Å²) >= 11 is 0. The van der Waals surface area contributed by atoms with Crippen molar-refractivity contribution in [3.63, 3.8) is 0 Å². The number of nitrogens with one attached hydrogen (secondary N) is 1. The van der Waals surface area contributed by atoms with Crippen molar-refractivity contribution in [3.8, 4) is 11.8 Å². The van der Waals surface area contributed by atoms with E-state index in [9.17, 15) is 10.1 Å². The summed E-state index contributed by atoms with van der Waals surface area (Å²) in [7, 11) is 1.63. The molecule has 1 N–H and O–H groups in total. The summed E-state index contributed by atoms with van der Waals surface area (Å²) in [6.07, 6.45) is 0. The number of carbonyl (C=O) groups is 1. The number of nitrogens with zero attached hydrogens (tertiary/aromatic N) is 3. The minimum Gasteiger partial charge on any atom is -0.497 e. The van der Waals surface area contributed by atoms with Gasteiger partial charge in [-0.15, -0.1) is 0 Å². The molecular weight excluding hydrogens is 292 g/mol. The number of aromatic nitrogens is 1. The summed E-state index contributed by atoms with van der Waals surface area (Å²) < 4.78 is 7.02. The fraction of sp³-hybridized carbons (Fsp3) is 0.294. The van der Waals surface area contributed by atoms with E-state index in [0.717, 1.165) is 17.9 Å². The SMILES string of the molecule is COc1ccc(C23Cn4c(C#N)ccc4C(=O)N2CCN3)cc1. The van der Waals surface area contributed by atoms with Crippen LogP contribution in [0.1, 0.15) is 21.7 Å². The van der Waals surface area contributed by atoms with Crippen molar-refractivity contribution in [2.24, 2.45) is 0 Å². The largest absolute Gasteiger partial charge is 0.497 e. The van der Waals surface area contributed by atoms with Gasteiger partial charge in [-0.3, -0.25) is 10.1 Å². The highest BCUT2D eigenvalue weighted by atomic mass is 16.5. The van der Waals surface area contributed by atoms with Crippen LogP contribution >= 0.6 is 0 Å². The van der Waals surface area contributed by atoms with Gasteiger partial charge in [-0.05, 0) is 29.8 Å². The third-order valence-electron chi connectivity index (χ3n) is 4.73. The van der Waals surface area contributed by atoms with Crippen molar-refractivity contribution in [2.45, 2.75) is 12.2 Å². The van der Waals surface area contributed by atoms with Crippen LogP contribution in [0.4, 0.5) is 0 Å². The Morgan fingerprint density at radius 3 is 2.74 bits per heavy atom. The fourth-order valence-corrected chi connectivity index (χ4v) is 3.58. The molecule has 0 radical (unpaired) electrons. The van der Waals surface area contributed by atoms with Gasteiger partial charge in [-0.25, -0.2) is 0 Å². The van der Waals surface area contributed by atoms with E-state index in [0.29, 0.717) is 24.5 Å². The summed E-state index contributed by atoms with van der Waals surface area (Å²) in [6.45, 7) is 1.90. The van der Waals surface area contributed by atoms with Gasteiger partial charge >= 0.3 is 0 Å². The van der Waals surface area contributed by atoms with E-state index in [1.807, 2.05) is 29.2 Å². The van der Waals surface area contributed by atoms with E-state index in [1.165, 1.54) is 0 Å². The molecule has 6 nitrogen and oxygen atoms in total. The molecule has 1 amide bonds. The maximum absolute atomic E-state index is 12.9. The first-order valence-electron chi connectivity index (χ1n) is 7.51. The predicted octanol–water partition coefficient (Wildman–Crippen LogP) is 1.28. The van der Waals surface area contributed by atoms with Crippen LogP contribution in [-0.4, -0.2) is 35.6 Å². The molecule has 2 aromatic rings. The first-order chi connectivity index (χ1) is 11.2. The van der Waals surface area contributed by atoms with Crippen molar-refractivity contribution in [3.05, 3.63) is 53.3 Å². The van der Waals surface area contributed by atoms with Crippen LogP contribution in [0.3, 0.4) is 0 Å². The van der Waals surface area contributed by atoms with Crippen molar-refractivity contribution in [1.82, 2.24) is 14.8 Å². The van der Waals surface area contributed by atoms with Crippen molar-refractivity contribution in [2.75, 3.05) is 20.2 Å². The number of methoxy groups -OCH3 is 1. The maximum Gasteiger partial charge on any atom is 0.272 e. The number of rotatable bonds is 2. The van der Waals surface area contributed by atoms with Gasteiger partial charge in [0.2, 0.25) is 0 Å². The highest BCUT2D eigenvalue weighted by molar-refractivity contribution is 5.95. The Morgan fingerprint density at radius 2 is 2.04 bits per heavy atom. The molecular formula is C17H16N4O2. The van der Waals surface area contributed by atoms with Gasteiger partial charge < -0.3 is 14.2 Å². The van der Waals surface area contributed by atoms with Crippen molar-refractivity contribution >= 4 is 5.91 Å². The molecule has 23 heavy (non-hydrogen) atoms. The number of amides is 1. The second kappa shape index (κ2) is 4.86. The molecule has 1 unspecified atom stereocenters. The van der Waals surface area contributed by atoms with E-state index < -0.39 is 5.66 Å². The molecule has 2 aliphatic rings. The molecule has 2 aliphatic heterocycles. The number of hydrogen-bond acceptors (Lipinski definition) is 4. The van der Waals surface area contributed by atoms with Crippen LogP contribution < -0.4 is 10.1 Å². The second-order valence-electron chi connectivity index (χ2n) is 5.77. The third-order valence-corrected chi connectivity index (χ3v) is 4.73. The first-order valence-corrected chi connectivity index (χ1v) is 7.51. The molecule has 0 aliphatic carbocycles. The minimum atomic E-state index is -0.610. The van der Waals surface area contributed by atoms with Crippen LogP contribution in [0.5, 0.6) is 5.75 Å². The number of nitriles is 1. The third kappa shape index (κ3) is 1.80. The summed E-state index contributed by atoms with van der Waals surface area (Å²) in [4.78, 5) is 14.7. The maximum atomic E-state index is 12.9. The lowest BCUT2D eigenvalue weighted by atomic mass is 9.95. The lowest BCUT2D eigenvalue weighted by molar-refractivity contribution is 0.0396. The monoisotopic (exact) mass is 308 g/mol. The van der Waals surface area contributed by atoms with Gasteiger partial charge in [0.25, 0.3) is 5.91 Å². The Kier molecular flexibility index (Phi) is 2.93. The Bertz CT molecular complexity index is 818. The zero-order valence-electron chi connectivity index (χ0n) is 12.7. The Labute approximate surface area is 133 Å². The first kappa shape index (κ1) is 13.9. The zero-order chi connectivity index (χ0) is 16.0. The lowest BCUT2D eigenvalue weighted by Gasteiger charge is -2.43. The Morgan fingerprint density at radius 1 is 1.26 bits per heavy atom. The Balaban J connectivity index is 1.86. The number of hydrogen-bond donors (Lipinski definition) is 1. The van der Waals surface area contributed by atoms with Gasteiger partial charge in [0.1, 0.15) is 28.9 Å². The molecule has 116 valence electrons. The quantitative estimate of drug-likeness (QED) is 0.907. The van der Waals surface area contributed by atoms with Crippen LogP contribution in [0.2, 0.25) is 0 Å². The summed E-state index contributed by atoms with van der Waals surface area (Å²) in [5, 5.41) is 12.8. The molecule has 1 aromatic heterocycles. The van der Waals surface area contributed by atoms with Crippen molar-refractivity contribution in [1.29, 1.82) is 5.26 Å². The molecule has 1 atom stereocenters. The number of ether oxygens (including phenoxy) is 1. The minimum absolute atomic E-state index is 0.0430. The highest BCUT2D eigenvalue weighted by Crippen LogP contribution is 2.37. The molecule has 4 rings (SSSR count). The molecule has 3 heterocycles. The van der Waals surface area contributed by atoms with E-state index >= 15 is 0 Å². The standard InChI is InChI=1S/C17H16N4O2/c1-23-14-5-2-12(3-6-14)17-11-20-13(10-18)4-7-15(20)16(22)21(17)9-8-19-17/h2-7,19H,8-9,11H2,1H3. The normalized spacial score (nSPS) is 22.4. The second-order valence-corrected chi connectivity index (χ2v) is 5.77. The molecule has 0 spiro atoms. The van der Waals surface area contributed by atoms with Crippen LogP contribution in [-0.2, 0) is 12.2 Å². The van der Waals surface area contributed by atoms with Crippen LogP contribution in [0.25, 0.3) is 0 Å². The van der Waals surface area contributed by atoms with Gasteiger partial charge in [0.15, 0.2) is 0 Å². The predicted molar refractivity (Wildman–Crippen MR) is 82.9 cm³/mol. The summed E-state index contributed by atoms with van der Waals surface area (Å²) in [5.74, 6) is 0.731. The van der Waals surface area contributed by atoms with Gasteiger partial charge in [0, 0.05) is 13.1 Å². The average molecular weight is 308 g/mol. The number of carbonyl (C=O) groups excluding carboxylic acids is 1. The van der Waals surface area contributed by atoms with E-state index in [4.69, 9.17) is 4.74 Å². The molecule has 1 aromatic carbocycles. The highest BCUT2D eigenvalue weighted by Gasteiger charge is 2.49. The van der Waals surface area contributed by atoms with E-state index in [-0.39, 0.29) is 5.91 Å². The van der Waals surface area contributed by atoms with E-state index in [2.05, 4.69) is 11.4 Å². The summed E-state index contributed by atoms with van der Waals surface area (Å²) in [5.41, 5.74) is 1.47.